The highest BCUT2D eigenvalue weighted by molar-refractivity contribution is 7.99. The van der Waals surface area contributed by atoms with Crippen molar-refractivity contribution in [2.75, 3.05) is 18.1 Å². The summed E-state index contributed by atoms with van der Waals surface area (Å²) in [6, 6.07) is 11.9. The van der Waals surface area contributed by atoms with E-state index in [1.165, 1.54) is 36.3 Å². The Kier molecular flexibility index (Phi) is 5.07. The molecule has 1 aromatic carbocycles. The van der Waals surface area contributed by atoms with E-state index >= 15 is 0 Å². The van der Waals surface area contributed by atoms with Crippen molar-refractivity contribution < 1.29 is 0 Å². The normalized spacial score (nSPS) is 29.0. The summed E-state index contributed by atoms with van der Waals surface area (Å²) in [4.78, 5) is 4.61. The molecule has 1 aromatic rings. The molecule has 4 heteroatoms. The van der Waals surface area contributed by atoms with E-state index in [9.17, 15) is 0 Å². The van der Waals surface area contributed by atoms with Gasteiger partial charge in [0.15, 0.2) is 5.96 Å². The summed E-state index contributed by atoms with van der Waals surface area (Å²) in [7, 11) is 0. The van der Waals surface area contributed by atoms with Crippen LogP contribution in [0.15, 0.2) is 35.3 Å². The van der Waals surface area contributed by atoms with Crippen molar-refractivity contribution in [1.29, 1.82) is 0 Å². The Labute approximate surface area is 132 Å². The van der Waals surface area contributed by atoms with Crippen molar-refractivity contribution in [3.63, 3.8) is 0 Å². The third-order valence-electron chi connectivity index (χ3n) is 4.16. The second-order valence-corrected chi connectivity index (χ2v) is 7.03. The van der Waals surface area contributed by atoms with Crippen LogP contribution < -0.4 is 10.6 Å². The van der Waals surface area contributed by atoms with Crippen LogP contribution in [-0.2, 0) is 0 Å². The third kappa shape index (κ3) is 4.16. The van der Waals surface area contributed by atoms with Gasteiger partial charge in [0, 0.05) is 30.3 Å². The van der Waals surface area contributed by atoms with Gasteiger partial charge in [-0.25, -0.2) is 0 Å². The predicted octanol–water partition coefficient (Wildman–Crippen LogP) is 2.99. The lowest BCUT2D eigenvalue weighted by molar-refractivity contribution is 0.580. The molecule has 1 aliphatic heterocycles. The molecule has 3 rings (SSSR count). The third-order valence-corrected chi connectivity index (χ3v) is 5.37. The molecular formula is C17H25N3S. The van der Waals surface area contributed by atoms with Crippen LogP contribution in [0.3, 0.4) is 0 Å². The number of rotatable bonds is 4. The molecule has 0 spiro atoms. The van der Waals surface area contributed by atoms with Crippen molar-refractivity contribution in [2.24, 2.45) is 4.99 Å². The fraction of sp³-hybridized carbons (Fsp3) is 0.588. The number of benzene rings is 1. The number of hydrogen-bond acceptors (Lipinski definition) is 2. The number of guanidine groups is 1. The summed E-state index contributed by atoms with van der Waals surface area (Å²) < 4.78 is 0. The van der Waals surface area contributed by atoms with Crippen molar-refractivity contribution in [2.45, 2.75) is 44.2 Å². The first kappa shape index (κ1) is 14.8. The quantitative estimate of drug-likeness (QED) is 0.663. The van der Waals surface area contributed by atoms with Crippen LogP contribution in [-0.4, -0.2) is 36.1 Å². The molecular weight excluding hydrogens is 278 g/mol. The number of aliphatic imine (C=N–C) groups is 1. The monoisotopic (exact) mass is 303 g/mol. The second-order valence-electron chi connectivity index (χ2n) is 5.89. The predicted molar refractivity (Wildman–Crippen MR) is 92.2 cm³/mol. The Balaban J connectivity index is 1.53. The van der Waals surface area contributed by atoms with Crippen LogP contribution in [0.2, 0.25) is 0 Å². The average molecular weight is 303 g/mol. The highest BCUT2D eigenvalue weighted by Gasteiger charge is 2.39. The molecule has 1 heterocycles. The first-order valence-electron chi connectivity index (χ1n) is 8.07. The van der Waals surface area contributed by atoms with Gasteiger partial charge in [-0.2, -0.15) is 11.8 Å². The first-order valence-corrected chi connectivity index (χ1v) is 9.22. The van der Waals surface area contributed by atoms with Crippen LogP contribution in [0.25, 0.3) is 0 Å². The zero-order valence-corrected chi connectivity index (χ0v) is 13.5. The van der Waals surface area contributed by atoms with E-state index in [-0.39, 0.29) is 0 Å². The summed E-state index contributed by atoms with van der Waals surface area (Å²) in [6.07, 6.45) is 3.80. The van der Waals surface area contributed by atoms with Gasteiger partial charge in [0.05, 0.1) is 0 Å². The molecule has 2 aliphatic rings. The molecule has 1 saturated heterocycles. The van der Waals surface area contributed by atoms with E-state index in [2.05, 4.69) is 52.9 Å². The minimum atomic E-state index is 0.543. The number of hydrogen-bond donors (Lipinski definition) is 2. The molecule has 1 saturated carbocycles. The van der Waals surface area contributed by atoms with Gasteiger partial charge < -0.3 is 10.6 Å². The standard InChI is InChI=1S/C17H25N3S/c1-2-18-17(19-14-9-6-10-21-12-14)20-16-11-15(16)13-7-4-3-5-8-13/h3-5,7-8,14-16H,2,6,9-12H2,1H3,(H2,18,19,20). The van der Waals surface area contributed by atoms with Gasteiger partial charge in [-0.05, 0) is 37.5 Å². The summed E-state index contributed by atoms with van der Waals surface area (Å²) in [6.45, 7) is 2.93. The first-order chi connectivity index (χ1) is 10.4. The van der Waals surface area contributed by atoms with Gasteiger partial charge in [0.25, 0.3) is 0 Å². The van der Waals surface area contributed by atoms with E-state index in [0.717, 1.165) is 12.5 Å². The largest absolute Gasteiger partial charge is 0.353 e. The minimum Gasteiger partial charge on any atom is -0.353 e. The lowest BCUT2D eigenvalue weighted by atomic mass is 10.1. The van der Waals surface area contributed by atoms with Gasteiger partial charge in [-0.1, -0.05) is 30.3 Å². The van der Waals surface area contributed by atoms with Gasteiger partial charge in [-0.3, -0.25) is 4.99 Å². The SMILES string of the molecule is CCN=C(NC1CCCSC1)NC1CC1c1ccccc1. The van der Waals surface area contributed by atoms with Crippen LogP contribution >= 0.6 is 11.8 Å². The Hall–Kier alpha value is -1.16. The zero-order chi connectivity index (χ0) is 14.5. The zero-order valence-electron chi connectivity index (χ0n) is 12.7. The van der Waals surface area contributed by atoms with Crippen molar-refractivity contribution in [1.82, 2.24) is 10.6 Å². The molecule has 3 atom stereocenters. The summed E-state index contributed by atoms with van der Waals surface area (Å²) in [5, 5.41) is 7.24. The Morgan fingerprint density at radius 2 is 2.14 bits per heavy atom. The van der Waals surface area contributed by atoms with Crippen LogP contribution in [0, 0.1) is 0 Å². The van der Waals surface area contributed by atoms with Crippen molar-refractivity contribution in [3.05, 3.63) is 35.9 Å². The fourth-order valence-electron chi connectivity index (χ4n) is 2.94. The van der Waals surface area contributed by atoms with E-state index in [1.54, 1.807) is 0 Å². The maximum Gasteiger partial charge on any atom is 0.191 e. The van der Waals surface area contributed by atoms with E-state index in [1.807, 2.05) is 11.8 Å². The van der Waals surface area contributed by atoms with Crippen LogP contribution in [0.4, 0.5) is 0 Å². The Bertz CT molecular complexity index is 468. The van der Waals surface area contributed by atoms with Gasteiger partial charge in [0.2, 0.25) is 0 Å². The summed E-state index contributed by atoms with van der Waals surface area (Å²) >= 11 is 2.05. The molecule has 0 amide bonds. The number of nitrogens with zero attached hydrogens (tertiary/aromatic N) is 1. The molecule has 0 bridgehead atoms. The maximum atomic E-state index is 4.61. The topological polar surface area (TPSA) is 36.4 Å². The molecule has 0 aromatic heterocycles. The molecule has 2 N–H and O–H groups in total. The van der Waals surface area contributed by atoms with Crippen molar-refractivity contribution >= 4 is 17.7 Å². The highest BCUT2D eigenvalue weighted by Crippen LogP contribution is 2.40. The molecule has 0 radical (unpaired) electrons. The second kappa shape index (κ2) is 7.21. The summed E-state index contributed by atoms with van der Waals surface area (Å²) in [5.74, 6) is 4.17. The fourth-order valence-corrected chi connectivity index (χ4v) is 4.01. The maximum absolute atomic E-state index is 4.61. The van der Waals surface area contributed by atoms with Gasteiger partial charge in [-0.15, -0.1) is 0 Å². The molecule has 21 heavy (non-hydrogen) atoms. The molecule has 2 fully saturated rings. The molecule has 1 aliphatic carbocycles. The molecule has 3 unspecified atom stereocenters. The Morgan fingerprint density at radius 1 is 1.29 bits per heavy atom. The highest BCUT2D eigenvalue weighted by atomic mass is 32.2. The molecule has 114 valence electrons. The minimum absolute atomic E-state index is 0.543. The molecule has 3 nitrogen and oxygen atoms in total. The smallest absolute Gasteiger partial charge is 0.191 e. The van der Waals surface area contributed by atoms with Crippen LogP contribution in [0.1, 0.15) is 37.7 Å². The number of nitrogens with one attached hydrogen (secondary N) is 2. The van der Waals surface area contributed by atoms with E-state index in [0.29, 0.717) is 18.0 Å². The van der Waals surface area contributed by atoms with E-state index in [4.69, 9.17) is 0 Å². The van der Waals surface area contributed by atoms with Crippen molar-refractivity contribution in [3.8, 4) is 0 Å². The Morgan fingerprint density at radius 3 is 2.86 bits per heavy atom. The lowest BCUT2D eigenvalue weighted by Crippen LogP contribution is -2.46. The average Bonchev–Trinajstić information content (AvgIpc) is 3.29. The van der Waals surface area contributed by atoms with Crippen LogP contribution in [0.5, 0.6) is 0 Å². The van der Waals surface area contributed by atoms with E-state index < -0.39 is 0 Å². The lowest BCUT2D eigenvalue weighted by Gasteiger charge is -2.24. The summed E-state index contributed by atoms with van der Waals surface area (Å²) in [5.41, 5.74) is 1.44. The van der Waals surface area contributed by atoms with Gasteiger partial charge in [0.1, 0.15) is 0 Å². The van der Waals surface area contributed by atoms with Gasteiger partial charge >= 0.3 is 0 Å². The number of thioether (sulfide) groups is 1.